The van der Waals surface area contributed by atoms with Gasteiger partial charge < -0.3 is 0 Å². The van der Waals surface area contributed by atoms with Crippen LogP contribution >= 0.6 is 23.5 Å². The van der Waals surface area contributed by atoms with Crippen LogP contribution in [0.25, 0.3) is 0 Å². The van der Waals surface area contributed by atoms with Crippen LogP contribution in [-0.2, 0) is 9.59 Å². The molecule has 2 nitrogen and oxygen atoms in total. The zero-order chi connectivity index (χ0) is 9.14. The Morgan fingerprint density at radius 1 is 1.42 bits per heavy atom. The molecule has 0 spiro atoms. The first kappa shape index (κ1) is 9.61. The number of hydrogen-bond donors (Lipinski definition) is 0. The molecule has 1 aliphatic heterocycles. The summed E-state index contributed by atoms with van der Waals surface area (Å²) >= 11 is 2.79. The van der Waals surface area contributed by atoms with Gasteiger partial charge in [-0.15, -0.1) is 0 Å². The Balaban J connectivity index is 2.64. The summed E-state index contributed by atoms with van der Waals surface area (Å²) in [5.74, 6) is 0.0719. The first-order valence-electron chi connectivity index (χ1n) is 3.37. The van der Waals surface area contributed by atoms with Crippen molar-refractivity contribution in [1.82, 2.24) is 0 Å². The number of ketones is 2. The lowest BCUT2D eigenvalue weighted by Gasteiger charge is -1.92. The molecule has 1 aliphatic rings. The van der Waals surface area contributed by atoms with E-state index < -0.39 is 0 Å². The summed E-state index contributed by atoms with van der Waals surface area (Å²) in [4.78, 5) is 22.2. The van der Waals surface area contributed by atoms with Gasteiger partial charge in [0.15, 0.2) is 11.6 Å². The molecular weight excluding hydrogens is 192 g/mol. The molecular formula is C8H8O2S2. The van der Waals surface area contributed by atoms with Crippen molar-refractivity contribution in [1.29, 1.82) is 0 Å². The van der Waals surface area contributed by atoms with Crippen molar-refractivity contribution in [3.8, 4) is 0 Å². The Labute approximate surface area is 79.5 Å². The van der Waals surface area contributed by atoms with Crippen LogP contribution in [-0.4, -0.2) is 11.6 Å². The number of carbonyl (C=O) groups is 2. The minimum atomic E-state index is 0.0169. The zero-order valence-corrected chi connectivity index (χ0v) is 8.42. The standard InChI is InChI=1S/C8H8O2S2/c1-5(9)3-8-11-4-7(12-8)6(2)10/h3-4H,1-2H3. The van der Waals surface area contributed by atoms with Crippen LogP contribution in [0.15, 0.2) is 20.6 Å². The highest BCUT2D eigenvalue weighted by Crippen LogP contribution is 2.43. The lowest BCUT2D eigenvalue weighted by atomic mass is 10.4. The Hall–Kier alpha value is -0.480. The molecule has 12 heavy (non-hydrogen) atoms. The molecule has 0 aromatic carbocycles. The molecule has 64 valence electrons. The Kier molecular flexibility index (Phi) is 3.17. The molecule has 0 N–H and O–H groups in total. The topological polar surface area (TPSA) is 34.1 Å². The monoisotopic (exact) mass is 200 g/mol. The van der Waals surface area contributed by atoms with E-state index in [-0.39, 0.29) is 11.6 Å². The third-order valence-corrected chi connectivity index (χ3v) is 3.50. The normalized spacial score (nSPS) is 19.5. The highest BCUT2D eigenvalue weighted by Gasteiger charge is 2.15. The molecule has 0 bridgehead atoms. The van der Waals surface area contributed by atoms with E-state index in [0.717, 1.165) is 4.24 Å². The predicted octanol–water partition coefficient (Wildman–Crippen LogP) is 2.33. The molecule has 4 heteroatoms. The summed E-state index contributed by atoms with van der Waals surface area (Å²) in [6, 6.07) is 0. The van der Waals surface area contributed by atoms with Gasteiger partial charge in [0.25, 0.3) is 0 Å². The lowest BCUT2D eigenvalue weighted by Crippen LogP contribution is -1.87. The van der Waals surface area contributed by atoms with Crippen molar-refractivity contribution in [2.24, 2.45) is 0 Å². The average molecular weight is 200 g/mol. The number of rotatable bonds is 2. The van der Waals surface area contributed by atoms with Crippen molar-refractivity contribution in [3.05, 3.63) is 20.6 Å². The minimum absolute atomic E-state index is 0.0169. The molecule has 0 fully saturated rings. The molecule has 0 aromatic heterocycles. The Morgan fingerprint density at radius 3 is 2.50 bits per heavy atom. The van der Waals surface area contributed by atoms with E-state index in [1.165, 1.54) is 37.4 Å². The van der Waals surface area contributed by atoms with Crippen molar-refractivity contribution in [2.75, 3.05) is 0 Å². The summed E-state index contributed by atoms with van der Waals surface area (Å²) in [6.45, 7) is 3.02. The van der Waals surface area contributed by atoms with E-state index in [9.17, 15) is 9.59 Å². The smallest absolute Gasteiger partial charge is 0.167 e. The highest BCUT2D eigenvalue weighted by molar-refractivity contribution is 8.28. The van der Waals surface area contributed by atoms with Gasteiger partial charge >= 0.3 is 0 Å². The fraction of sp³-hybridized carbons (Fsp3) is 0.250. The number of carbonyl (C=O) groups excluding carboxylic acids is 2. The van der Waals surface area contributed by atoms with Crippen molar-refractivity contribution in [3.63, 3.8) is 0 Å². The number of thioether (sulfide) groups is 2. The second kappa shape index (κ2) is 3.96. The van der Waals surface area contributed by atoms with Crippen LogP contribution in [0.1, 0.15) is 13.8 Å². The summed E-state index contributed by atoms with van der Waals surface area (Å²) in [5, 5.41) is 1.78. The largest absolute Gasteiger partial charge is 0.295 e. The first-order chi connectivity index (χ1) is 5.59. The van der Waals surface area contributed by atoms with Gasteiger partial charge in [-0.1, -0.05) is 23.5 Å². The molecule has 0 radical (unpaired) electrons. The van der Waals surface area contributed by atoms with E-state index >= 15 is 0 Å². The van der Waals surface area contributed by atoms with Crippen molar-refractivity contribution < 1.29 is 9.59 Å². The molecule has 0 amide bonds. The third kappa shape index (κ3) is 2.53. The van der Waals surface area contributed by atoms with Crippen molar-refractivity contribution in [2.45, 2.75) is 13.8 Å². The van der Waals surface area contributed by atoms with Gasteiger partial charge in [-0.2, -0.15) is 0 Å². The second-order valence-electron chi connectivity index (χ2n) is 2.33. The van der Waals surface area contributed by atoms with Crippen molar-refractivity contribution >= 4 is 35.1 Å². The predicted molar refractivity (Wildman–Crippen MR) is 52.7 cm³/mol. The Morgan fingerprint density at radius 2 is 2.08 bits per heavy atom. The van der Waals surface area contributed by atoms with Gasteiger partial charge in [0.2, 0.25) is 0 Å². The van der Waals surface area contributed by atoms with Crippen LogP contribution < -0.4 is 0 Å². The van der Waals surface area contributed by atoms with Gasteiger partial charge in [0, 0.05) is 6.08 Å². The summed E-state index contributed by atoms with van der Waals surface area (Å²) < 4.78 is 0.882. The fourth-order valence-corrected chi connectivity index (χ4v) is 2.80. The van der Waals surface area contributed by atoms with E-state index in [1.807, 2.05) is 0 Å². The lowest BCUT2D eigenvalue weighted by molar-refractivity contribution is -0.113. The van der Waals surface area contributed by atoms with E-state index in [2.05, 4.69) is 0 Å². The Bertz CT molecular complexity index is 289. The third-order valence-electron chi connectivity index (χ3n) is 1.16. The number of hydrogen-bond acceptors (Lipinski definition) is 4. The van der Waals surface area contributed by atoms with Crippen LogP contribution in [0.4, 0.5) is 0 Å². The first-order valence-corrected chi connectivity index (χ1v) is 5.07. The van der Waals surface area contributed by atoms with Gasteiger partial charge in [0.1, 0.15) is 0 Å². The maximum absolute atomic E-state index is 10.9. The highest BCUT2D eigenvalue weighted by atomic mass is 32.2. The zero-order valence-electron chi connectivity index (χ0n) is 6.79. The molecule has 0 saturated carbocycles. The van der Waals surface area contributed by atoms with Gasteiger partial charge in [0.05, 0.1) is 9.14 Å². The molecule has 0 atom stereocenters. The molecule has 1 rings (SSSR count). The van der Waals surface area contributed by atoms with Gasteiger partial charge in [-0.25, -0.2) is 0 Å². The second-order valence-corrected chi connectivity index (χ2v) is 4.59. The van der Waals surface area contributed by atoms with Crippen LogP contribution in [0.5, 0.6) is 0 Å². The number of allylic oxidation sites excluding steroid dienone is 2. The van der Waals surface area contributed by atoms with Crippen LogP contribution in [0, 0.1) is 0 Å². The minimum Gasteiger partial charge on any atom is -0.295 e. The molecule has 0 unspecified atom stereocenters. The molecule has 1 heterocycles. The SMILES string of the molecule is CC(=O)C=C1SC=C(C(C)=O)S1. The quantitative estimate of drug-likeness (QED) is 0.641. The summed E-state index contributed by atoms with van der Waals surface area (Å²) in [5.41, 5.74) is 0. The van der Waals surface area contributed by atoms with Gasteiger partial charge in [-0.3, -0.25) is 9.59 Å². The van der Waals surface area contributed by atoms with E-state index in [1.54, 1.807) is 11.5 Å². The molecule has 0 aromatic rings. The average Bonchev–Trinajstić information content (AvgIpc) is 2.34. The van der Waals surface area contributed by atoms with Crippen LogP contribution in [0.3, 0.4) is 0 Å². The summed E-state index contributed by atoms with van der Waals surface area (Å²) in [7, 11) is 0. The van der Waals surface area contributed by atoms with E-state index in [0.29, 0.717) is 4.91 Å². The summed E-state index contributed by atoms with van der Waals surface area (Å²) in [6.07, 6.45) is 1.54. The maximum atomic E-state index is 10.9. The van der Waals surface area contributed by atoms with Crippen LogP contribution in [0.2, 0.25) is 0 Å². The maximum Gasteiger partial charge on any atom is 0.167 e. The molecule has 0 aliphatic carbocycles. The fourth-order valence-electron chi connectivity index (χ4n) is 0.652. The van der Waals surface area contributed by atoms with Gasteiger partial charge in [-0.05, 0) is 19.3 Å². The van der Waals surface area contributed by atoms with E-state index in [4.69, 9.17) is 0 Å². The number of Topliss-reactive ketones (excluding diaryl/α,β-unsaturated/α-hetero) is 1. The molecule has 0 saturated heterocycles.